The summed E-state index contributed by atoms with van der Waals surface area (Å²) in [5.41, 5.74) is 0. The van der Waals surface area contributed by atoms with Crippen molar-refractivity contribution in [3.05, 3.63) is 0 Å². The lowest BCUT2D eigenvalue weighted by Crippen LogP contribution is -2.29. The summed E-state index contributed by atoms with van der Waals surface area (Å²) in [7, 11) is 0. The Balaban J connectivity index is 3.14. The van der Waals surface area contributed by atoms with Crippen molar-refractivity contribution in [3.63, 3.8) is 0 Å². The van der Waals surface area contributed by atoms with Gasteiger partial charge in [-0.05, 0) is 12.3 Å². The van der Waals surface area contributed by atoms with E-state index in [2.05, 4.69) is 6.92 Å². The minimum atomic E-state index is -0.912. The normalized spacial score (nSPS) is 12.8. The smallest absolute Gasteiger partial charge is 0.0442 e. The van der Waals surface area contributed by atoms with E-state index < -0.39 is 5.97 Å². The molecule has 0 fully saturated rings. The Hall–Kier alpha value is -0.530. The van der Waals surface area contributed by atoms with E-state index in [1.807, 2.05) is 0 Å². The third kappa shape index (κ3) is 6.20. The molecule has 0 heterocycles. The molecule has 0 aliphatic carbocycles. The number of unbranched alkanes of at least 4 members (excludes halogenated alkanes) is 4. The molecule has 1 atom stereocenters. The fourth-order valence-electron chi connectivity index (χ4n) is 1.17. The van der Waals surface area contributed by atoms with Gasteiger partial charge >= 0.3 is 0 Å². The maximum absolute atomic E-state index is 10.3. The molecule has 0 bridgehead atoms. The van der Waals surface area contributed by atoms with E-state index in [1.165, 1.54) is 19.3 Å². The van der Waals surface area contributed by atoms with Gasteiger partial charge in [0.15, 0.2) is 0 Å². The molecule has 72 valence electrons. The number of carboxylic acids is 1. The molecule has 2 heteroatoms. The highest BCUT2D eigenvalue weighted by Gasteiger charge is 2.01. The van der Waals surface area contributed by atoms with Crippen LogP contribution < -0.4 is 5.11 Å². The van der Waals surface area contributed by atoms with Crippen LogP contribution in [0.3, 0.4) is 0 Å². The maximum Gasteiger partial charge on any atom is 0.0442 e. The molecule has 0 aliphatic rings. The number of carbonyl (C=O) groups is 1. The van der Waals surface area contributed by atoms with Gasteiger partial charge in [0, 0.05) is 5.97 Å². The predicted octanol–water partition coefficient (Wildman–Crippen LogP) is 1.73. The Morgan fingerprint density at radius 2 is 1.83 bits per heavy atom. The molecule has 0 radical (unpaired) electrons. The van der Waals surface area contributed by atoms with Crippen molar-refractivity contribution in [2.24, 2.45) is 5.92 Å². The minimum absolute atomic E-state index is 0.272. The van der Waals surface area contributed by atoms with Gasteiger partial charge in [-0.15, -0.1) is 0 Å². The van der Waals surface area contributed by atoms with Gasteiger partial charge in [0.2, 0.25) is 0 Å². The Labute approximate surface area is 75.0 Å². The van der Waals surface area contributed by atoms with E-state index in [0.29, 0.717) is 0 Å². The Morgan fingerprint density at radius 1 is 1.25 bits per heavy atom. The molecule has 0 amide bonds. The Bertz CT molecular complexity index is 121. The summed E-state index contributed by atoms with van der Waals surface area (Å²) in [6.45, 7) is 3.89. The largest absolute Gasteiger partial charge is 0.550 e. The number of rotatable bonds is 7. The summed E-state index contributed by atoms with van der Waals surface area (Å²) >= 11 is 0. The van der Waals surface area contributed by atoms with Crippen LogP contribution in [0.15, 0.2) is 0 Å². The SMILES string of the molecule is CCCCCCCC(C)C(=O)[O-]. The topological polar surface area (TPSA) is 40.1 Å². The molecule has 0 rings (SSSR count). The molecule has 0 aromatic rings. The van der Waals surface area contributed by atoms with Crippen LogP contribution in [0, 0.1) is 5.92 Å². The molecule has 0 N–H and O–H groups in total. The number of hydrogen-bond acceptors (Lipinski definition) is 2. The van der Waals surface area contributed by atoms with E-state index in [4.69, 9.17) is 0 Å². The number of carboxylic acid groups (broad SMARTS) is 1. The van der Waals surface area contributed by atoms with Crippen LogP contribution in [0.2, 0.25) is 0 Å². The van der Waals surface area contributed by atoms with Crippen LogP contribution >= 0.6 is 0 Å². The number of aliphatic carboxylic acids is 1. The zero-order chi connectivity index (χ0) is 9.40. The standard InChI is InChI=1S/C10H20O2/c1-3-4-5-6-7-8-9(2)10(11)12/h9H,3-8H2,1-2H3,(H,11,12)/p-1. The molecule has 0 aromatic carbocycles. The van der Waals surface area contributed by atoms with E-state index >= 15 is 0 Å². The molecule has 0 saturated heterocycles. The summed E-state index contributed by atoms with van der Waals surface area (Å²) < 4.78 is 0. The highest BCUT2D eigenvalue weighted by Crippen LogP contribution is 2.10. The number of hydrogen-bond donors (Lipinski definition) is 0. The second kappa shape index (κ2) is 7.14. The van der Waals surface area contributed by atoms with Gasteiger partial charge in [-0.1, -0.05) is 46.0 Å². The second-order valence-electron chi connectivity index (χ2n) is 3.42. The van der Waals surface area contributed by atoms with Crippen LogP contribution in [0.5, 0.6) is 0 Å². The van der Waals surface area contributed by atoms with E-state index in [0.717, 1.165) is 19.3 Å². The molecule has 0 aromatic heterocycles. The lowest BCUT2D eigenvalue weighted by atomic mass is 10.0. The van der Waals surface area contributed by atoms with Gasteiger partial charge in [-0.25, -0.2) is 0 Å². The first kappa shape index (κ1) is 11.5. The summed E-state index contributed by atoms with van der Waals surface area (Å²) in [6, 6.07) is 0. The van der Waals surface area contributed by atoms with Gasteiger partial charge in [0.1, 0.15) is 0 Å². The van der Waals surface area contributed by atoms with Crippen molar-refractivity contribution in [1.82, 2.24) is 0 Å². The zero-order valence-electron chi connectivity index (χ0n) is 8.14. The predicted molar refractivity (Wildman–Crippen MR) is 47.5 cm³/mol. The molecule has 1 unspecified atom stereocenters. The molecule has 0 saturated carbocycles. The first-order valence-corrected chi connectivity index (χ1v) is 4.89. The summed E-state index contributed by atoms with van der Waals surface area (Å²) in [5.74, 6) is -1.18. The maximum atomic E-state index is 10.3. The van der Waals surface area contributed by atoms with Gasteiger partial charge in [0.05, 0.1) is 0 Å². The summed E-state index contributed by atoms with van der Waals surface area (Å²) in [6.07, 6.45) is 6.68. The van der Waals surface area contributed by atoms with E-state index in [-0.39, 0.29) is 5.92 Å². The quantitative estimate of drug-likeness (QED) is 0.547. The third-order valence-corrected chi connectivity index (χ3v) is 2.14. The van der Waals surface area contributed by atoms with Gasteiger partial charge < -0.3 is 9.90 Å². The molecule has 0 aliphatic heterocycles. The van der Waals surface area contributed by atoms with Crippen molar-refractivity contribution in [1.29, 1.82) is 0 Å². The van der Waals surface area contributed by atoms with Crippen LogP contribution in [0.4, 0.5) is 0 Å². The van der Waals surface area contributed by atoms with E-state index in [1.54, 1.807) is 6.92 Å². The van der Waals surface area contributed by atoms with Gasteiger partial charge in [0.25, 0.3) is 0 Å². The average Bonchev–Trinajstić information content (AvgIpc) is 2.03. The average molecular weight is 171 g/mol. The highest BCUT2D eigenvalue weighted by atomic mass is 16.4. The monoisotopic (exact) mass is 171 g/mol. The van der Waals surface area contributed by atoms with Crippen LogP contribution in [-0.4, -0.2) is 5.97 Å². The molecule has 0 spiro atoms. The Kier molecular flexibility index (Phi) is 6.82. The highest BCUT2D eigenvalue weighted by molar-refractivity contribution is 5.66. The zero-order valence-corrected chi connectivity index (χ0v) is 8.14. The summed E-state index contributed by atoms with van der Waals surface area (Å²) in [4.78, 5) is 10.3. The van der Waals surface area contributed by atoms with Crippen LogP contribution in [-0.2, 0) is 4.79 Å². The van der Waals surface area contributed by atoms with Crippen LogP contribution in [0.1, 0.15) is 52.4 Å². The van der Waals surface area contributed by atoms with Gasteiger partial charge in [-0.2, -0.15) is 0 Å². The van der Waals surface area contributed by atoms with Crippen molar-refractivity contribution in [2.75, 3.05) is 0 Å². The van der Waals surface area contributed by atoms with Crippen molar-refractivity contribution >= 4 is 5.97 Å². The molecular weight excluding hydrogens is 152 g/mol. The fraction of sp³-hybridized carbons (Fsp3) is 0.900. The van der Waals surface area contributed by atoms with E-state index in [9.17, 15) is 9.90 Å². The van der Waals surface area contributed by atoms with Gasteiger partial charge in [-0.3, -0.25) is 0 Å². The Morgan fingerprint density at radius 3 is 2.33 bits per heavy atom. The fourth-order valence-corrected chi connectivity index (χ4v) is 1.17. The lowest BCUT2D eigenvalue weighted by Gasteiger charge is -2.11. The first-order valence-electron chi connectivity index (χ1n) is 4.89. The second-order valence-corrected chi connectivity index (χ2v) is 3.42. The molecular formula is C10H19O2-. The first-order chi connectivity index (χ1) is 5.68. The minimum Gasteiger partial charge on any atom is -0.550 e. The van der Waals surface area contributed by atoms with Crippen molar-refractivity contribution in [3.8, 4) is 0 Å². The van der Waals surface area contributed by atoms with Crippen LogP contribution in [0.25, 0.3) is 0 Å². The van der Waals surface area contributed by atoms with Crippen molar-refractivity contribution in [2.45, 2.75) is 52.4 Å². The third-order valence-electron chi connectivity index (χ3n) is 2.14. The van der Waals surface area contributed by atoms with Crippen molar-refractivity contribution < 1.29 is 9.90 Å². The number of carbonyl (C=O) groups excluding carboxylic acids is 1. The molecule has 2 nitrogen and oxygen atoms in total. The molecule has 12 heavy (non-hydrogen) atoms. The lowest BCUT2D eigenvalue weighted by molar-refractivity contribution is -0.311. The summed E-state index contributed by atoms with van der Waals surface area (Å²) in [5, 5.41) is 10.3.